The molecule has 0 saturated heterocycles. The molecule has 0 spiro atoms. The van der Waals surface area contributed by atoms with Crippen molar-refractivity contribution < 1.29 is 14.3 Å². The van der Waals surface area contributed by atoms with Crippen LogP contribution in [0.1, 0.15) is 21.5 Å². The SMILES string of the molecule is COc1ccc2c(c1)C(=O)c1c-2ncc(OC)c1C. The van der Waals surface area contributed by atoms with Gasteiger partial charge in [0.05, 0.1) is 31.7 Å². The van der Waals surface area contributed by atoms with Crippen LogP contribution in [0.15, 0.2) is 24.4 Å². The van der Waals surface area contributed by atoms with Gasteiger partial charge in [0.2, 0.25) is 0 Å². The molecule has 0 amide bonds. The van der Waals surface area contributed by atoms with E-state index in [1.165, 1.54) is 0 Å². The molecule has 1 aliphatic carbocycles. The highest BCUT2D eigenvalue weighted by atomic mass is 16.5. The molecule has 0 saturated carbocycles. The van der Waals surface area contributed by atoms with E-state index < -0.39 is 0 Å². The summed E-state index contributed by atoms with van der Waals surface area (Å²) in [5.41, 5.74) is 3.67. The largest absolute Gasteiger partial charge is 0.497 e. The summed E-state index contributed by atoms with van der Waals surface area (Å²) in [4.78, 5) is 16.8. The Hall–Kier alpha value is -2.36. The van der Waals surface area contributed by atoms with Gasteiger partial charge in [-0.05, 0) is 25.1 Å². The van der Waals surface area contributed by atoms with E-state index in [9.17, 15) is 4.79 Å². The molecule has 0 aliphatic heterocycles. The van der Waals surface area contributed by atoms with Gasteiger partial charge in [0.1, 0.15) is 11.5 Å². The van der Waals surface area contributed by atoms with Gasteiger partial charge in [0, 0.05) is 16.7 Å². The van der Waals surface area contributed by atoms with Crippen LogP contribution < -0.4 is 9.47 Å². The number of aromatic nitrogens is 1. The van der Waals surface area contributed by atoms with Crippen molar-refractivity contribution in [1.29, 1.82) is 0 Å². The first kappa shape index (κ1) is 11.7. The summed E-state index contributed by atoms with van der Waals surface area (Å²) >= 11 is 0. The number of fused-ring (bicyclic) bond motifs is 3. The molecule has 19 heavy (non-hydrogen) atoms. The quantitative estimate of drug-likeness (QED) is 0.706. The molecule has 4 nitrogen and oxygen atoms in total. The third-order valence-corrected chi connectivity index (χ3v) is 3.47. The zero-order valence-corrected chi connectivity index (χ0v) is 11.0. The standard InChI is InChI=1S/C15H13NO3/c1-8-12(19-3)7-16-14-10-5-4-9(18-2)6-11(10)15(17)13(8)14/h4-7H,1-3H3. The Morgan fingerprint density at radius 2 is 1.89 bits per heavy atom. The van der Waals surface area contributed by atoms with Crippen molar-refractivity contribution in [2.24, 2.45) is 0 Å². The number of ether oxygens (including phenoxy) is 2. The maximum atomic E-state index is 12.5. The lowest BCUT2D eigenvalue weighted by Crippen LogP contribution is -2.01. The third kappa shape index (κ3) is 1.53. The lowest BCUT2D eigenvalue weighted by atomic mass is 10.1. The molecular weight excluding hydrogens is 242 g/mol. The molecule has 0 bridgehead atoms. The number of methoxy groups -OCH3 is 2. The molecule has 1 heterocycles. The molecule has 1 aromatic heterocycles. The fraction of sp³-hybridized carbons (Fsp3) is 0.200. The van der Waals surface area contributed by atoms with Gasteiger partial charge in [-0.3, -0.25) is 9.78 Å². The molecule has 4 heteroatoms. The molecule has 3 rings (SSSR count). The smallest absolute Gasteiger partial charge is 0.196 e. The fourth-order valence-corrected chi connectivity index (χ4v) is 2.45. The van der Waals surface area contributed by atoms with E-state index in [1.807, 2.05) is 19.1 Å². The van der Waals surface area contributed by atoms with Crippen LogP contribution in [-0.4, -0.2) is 25.0 Å². The zero-order valence-electron chi connectivity index (χ0n) is 11.0. The van der Waals surface area contributed by atoms with E-state index in [0.717, 1.165) is 16.8 Å². The highest BCUT2D eigenvalue weighted by molar-refractivity contribution is 6.22. The molecule has 1 aliphatic rings. The number of benzene rings is 1. The lowest BCUT2D eigenvalue weighted by Gasteiger charge is -2.07. The van der Waals surface area contributed by atoms with Crippen molar-refractivity contribution in [2.75, 3.05) is 14.2 Å². The molecule has 0 unspecified atom stereocenters. The van der Waals surface area contributed by atoms with Crippen LogP contribution in [0.4, 0.5) is 0 Å². The van der Waals surface area contributed by atoms with Crippen LogP contribution >= 0.6 is 0 Å². The minimum atomic E-state index is -0.0206. The molecule has 96 valence electrons. The number of carbonyl (C=O) groups excluding carboxylic acids is 1. The Labute approximate surface area is 111 Å². The molecule has 0 N–H and O–H groups in total. The topological polar surface area (TPSA) is 48.4 Å². The average Bonchev–Trinajstić information content (AvgIpc) is 2.73. The summed E-state index contributed by atoms with van der Waals surface area (Å²) in [6, 6.07) is 5.46. The summed E-state index contributed by atoms with van der Waals surface area (Å²) in [5.74, 6) is 1.28. The molecular formula is C15H13NO3. The monoisotopic (exact) mass is 255 g/mol. The van der Waals surface area contributed by atoms with Gasteiger partial charge in [-0.2, -0.15) is 0 Å². The second kappa shape index (κ2) is 4.09. The number of rotatable bonds is 2. The summed E-state index contributed by atoms with van der Waals surface area (Å²) < 4.78 is 10.4. The van der Waals surface area contributed by atoms with E-state index in [1.54, 1.807) is 26.5 Å². The van der Waals surface area contributed by atoms with Crippen LogP contribution in [0.5, 0.6) is 11.5 Å². The van der Waals surface area contributed by atoms with Crippen LogP contribution in [0.2, 0.25) is 0 Å². The van der Waals surface area contributed by atoms with Gasteiger partial charge in [-0.15, -0.1) is 0 Å². The third-order valence-electron chi connectivity index (χ3n) is 3.47. The predicted octanol–water partition coefficient (Wildman–Crippen LogP) is 2.62. The minimum Gasteiger partial charge on any atom is -0.497 e. The first-order valence-electron chi connectivity index (χ1n) is 5.94. The first-order valence-corrected chi connectivity index (χ1v) is 5.94. The maximum absolute atomic E-state index is 12.5. The number of hydrogen-bond acceptors (Lipinski definition) is 4. The van der Waals surface area contributed by atoms with Crippen LogP contribution in [-0.2, 0) is 0 Å². The normalized spacial score (nSPS) is 12.1. The number of carbonyl (C=O) groups is 1. The second-order valence-corrected chi connectivity index (χ2v) is 4.42. The van der Waals surface area contributed by atoms with Gasteiger partial charge in [0.25, 0.3) is 0 Å². The first-order chi connectivity index (χ1) is 9.17. The van der Waals surface area contributed by atoms with Gasteiger partial charge >= 0.3 is 0 Å². The lowest BCUT2D eigenvalue weighted by molar-refractivity contribution is 0.104. The Morgan fingerprint density at radius 1 is 1.11 bits per heavy atom. The Bertz CT molecular complexity index is 692. The van der Waals surface area contributed by atoms with Crippen LogP contribution in [0.25, 0.3) is 11.3 Å². The summed E-state index contributed by atoms with van der Waals surface area (Å²) in [6.45, 7) is 1.88. The highest BCUT2D eigenvalue weighted by Crippen LogP contribution is 2.40. The Balaban J connectivity index is 2.27. The average molecular weight is 255 g/mol. The van der Waals surface area contributed by atoms with Crippen LogP contribution in [0, 0.1) is 6.92 Å². The number of nitrogens with zero attached hydrogens (tertiary/aromatic N) is 1. The van der Waals surface area contributed by atoms with Gasteiger partial charge in [-0.1, -0.05) is 0 Å². The van der Waals surface area contributed by atoms with E-state index in [2.05, 4.69) is 4.98 Å². The maximum Gasteiger partial charge on any atom is 0.196 e. The zero-order chi connectivity index (χ0) is 13.6. The van der Waals surface area contributed by atoms with E-state index in [-0.39, 0.29) is 5.78 Å². The van der Waals surface area contributed by atoms with E-state index >= 15 is 0 Å². The Morgan fingerprint density at radius 3 is 2.58 bits per heavy atom. The van der Waals surface area contributed by atoms with Crippen molar-refractivity contribution in [1.82, 2.24) is 4.98 Å². The molecule has 0 fully saturated rings. The highest BCUT2D eigenvalue weighted by Gasteiger charge is 2.31. The van der Waals surface area contributed by atoms with Gasteiger partial charge in [-0.25, -0.2) is 0 Å². The summed E-state index contributed by atoms with van der Waals surface area (Å²) in [5, 5.41) is 0. The van der Waals surface area contributed by atoms with Crippen molar-refractivity contribution >= 4 is 5.78 Å². The fourth-order valence-electron chi connectivity index (χ4n) is 2.45. The van der Waals surface area contributed by atoms with Gasteiger partial charge < -0.3 is 9.47 Å². The van der Waals surface area contributed by atoms with Gasteiger partial charge in [0.15, 0.2) is 5.78 Å². The molecule has 0 radical (unpaired) electrons. The van der Waals surface area contributed by atoms with Crippen molar-refractivity contribution in [3.63, 3.8) is 0 Å². The summed E-state index contributed by atoms with van der Waals surface area (Å²) in [6.07, 6.45) is 1.65. The summed E-state index contributed by atoms with van der Waals surface area (Å²) in [7, 11) is 3.16. The number of hydrogen-bond donors (Lipinski definition) is 0. The molecule has 2 aromatic rings. The van der Waals surface area contributed by atoms with Crippen molar-refractivity contribution in [2.45, 2.75) is 6.92 Å². The number of ketones is 1. The van der Waals surface area contributed by atoms with Crippen LogP contribution in [0.3, 0.4) is 0 Å². The predicted molar refractivity (Wildman–Crippen MR) is 70.9 cm³/mol. The Kier molecular flexibility index (Phi) is 2.52. The van der Waals surface area contributed by atoms with E-state index in [0.29, 0.717) is 22.6 Å². The second-order valence-electron chi connectivity index (χ2n) is 4.42. The van der Waals surface area contributed by atoms with Crippen molar-refractivity contribution in [3.8, 4) is 22.8 Å². The van der Waals surface area contributed by atoms with E-state index in [4.69, 9.17) is 9.47 Å². The minimum absolute atomic E-state index is 0.0206. The molecule has 0 atom stereocenters. The van der Waals surface area contributed by atoms with Crippen molar-refractivity contribution in [3.05, 3.63) is 41.1 Å². The molecule has 1 aromatic carbocycles. The number of pyridine rings is 1.